The highest BCUT2D eigenvalue weighted by atomic mass is 16.5. The molecule has 5 nitrogen and oxygen atoms in total. The maximum atomic E-state index is 12.1. The summed E-state index contributed by atoms with van der Waals surface area (Å²) >= 11 is 0. The van der Waals surface area contributed by atoms with Gasteiger partial charge in [0.15, 0.2) is 0 Å². The fourth-order valence-corrected chi connectivity index (χ4v) is 2.92. The number of piperidine rings is 1. The normalized spacial score (nSPS) is 32.6. The smallest absolute Gasteiger partial charge is 0.317 e. The van der Waals surface area contributed by atoms with Crippen LogP contribution in [0.3, 0.4) is 0 Å². The number of carbonyl (C=O) groups is 1. The Labute approximate surface area is 109 Å². The molecule has 0 spiro atoms. The molecule has 5 heteroatoms. The van der Waals surface area contributed by atoms with E-state index in [0.29, 0.717) is 18.6 Å². The summed E-state index contributed by atoms with van der Waals surface area (Å²) in [5.74, 6) is 0.564. The number of ether oxygens (including phenoxy) is 1. The molecule has 2 fully saturated rings. The second kappa shape index (κ2) is 6.38. The fraction of sp³-hybridized carbons (Fsp3) is 0.923. The summed E-state index contributed by atoms with van der Waals surface area (Å²) in [4.78, 5) is 14.1. The molecule has 104 valence electrons. The number of nitrogens with one attached hydrogen (secondary N) is 2. The van der Waals surface area contributed by atoms with Gasteiger partial charge in [-0.15, -0.1) is 0 Å². The molecule has 2 saturated heterocycles. The van der Waals surface area contributed by atoms with E-state index in [2.05, 4.69) is 17.6 Å². The van der Waals surface area contributed by atoms with Crippen molar-refractivity contribution >= 4 is 6.03 Å². The van der Waals surface area contributed by atoms with Crippen LogP contribution in [0, 0.1) is 5.92 Å². The van der Waals surface area contributed by atoms with Crippen molar-refractivity contribution in [2.24, 2.45) is 5.92 Å². The molecule has 0 bridgehead atoms. The minimum Gasteiger partial charge on any atom is -0.379 e. The summed E-state index contributed by atoms with van der Waals surface area (Å²) in [6.45, 7) is 5.34. The van der Waals surface area contributed by atoms with Crippen LogP contribution < -0.4 is 10.6 Å². The van der Waals surface area contributed by atoms with Crippen molar-refractivity contribution in [2.45, 2.75) is 38.3 Å². The van der Waals surface area contributed by atoms with E-state index in [0.717, 1.165) is 39.0 Å². The van der Waals surface area contributed by atoms with Gasteiger partial charge in [-0.05, 0) is 25.8 Å². The lowest BCUT2D eigenvalue weighted by Crippen LogP contribution is -2.54. The van der Waals surface area contributed by atoms with Crippen LogP contribution in [0.5, 0.6) is 0 Å². The van der Waals surface area contributed by atoms with Gasteiger partial charge in [0.2, 0.25) is 0 Å². The number of hydrogen-bond donors (Lipinski definition) is 2. The van der Waals surface area contributed by atoms with Crippen LogP contribution in [0.2, 0.25) is 0 Å². The van der Waals surface area contributed by atoms with Gasteiger partial charge < -0.3 is 20.3 Å². The Morgan fingerprint density at radius 3 is 2.89 bits per heavy atom. The van der Waals surface area contributed by atoms with E-state index in [1.807, 2.05) is 11.9 Å². The molecule has 0 aromatic rings. The van der Waals surface area contributed by atoms with Crippen molar-refractivity contribution < 1.29 is 9.53 Å². The van der Waals surface area contributed by atoms with E-state index in [4.69, 9.17) is 4.74 Å². The van der Waals surface area contributed by atoms with Gasteiger partial charge in [-0.25, -0.2) is 4.79 Å². The minimum atomic E-state index is 0.0819. The predicted molar refractivity (Wildman–Crippen MR) is 70.6 cm³/mol. The van der Waals surface area contributed by atoms with E-state index < -0.39 is 0 Å². The maximum Gasteiger partial charge on any atom is 0.317 e. The van der Waals surface area contributed by atoms with Crippen LogP contribution in [0.25, 0.3) is 0 Å². The fourth-order valence-electron chi connectivity index (χ4n) is 2.92. The van der Waals surface area contributed by atoms with Crippen LogP contribution in [0.4, 0.5) is 4.79 Å². The zero-order chi connectivity index (χ0) is 13.0. The first-order chi connectivity index (χ1) is 8.74. The molecule has 2 N–H and O–H groups in total. The van der Waals surface area contributed by atoms with E-state index in [-0.39, 0.29) is 12.1 Å². The van der Waals surface area contributed by atoms with Gasteiger partial charge >= 0.3 is 6.03 Å². The standard InChI is InChI=1S/C13H25N3O2/c1-3-10-8-16(6-4-12(10)14-2)13(17)15-11-5-7-18-9-11/h10-12,14H,3-9H2,1-2H3,(H,15,17). The Balaban J connectivity index is 1.83. The van der Waals surface area contributed by atoms with Crippen molar-refractivity contribution in [3.8, 4) is 0 Å². The van der Waals surface area contributed by atoms with Crippen molar-refractivity contribution in [2.75, 3.05) is 33.4 Å². The lowest BCUT2D eigenvalue weighted by Gasteiger charge is -2.38. The third kappa shape index (κ3) is 3.14. The molecule has 0 aliphatic carbocycles. The van der Waals surface area contributed by atoms with Crippen molar-refractivity contribution in [1.82, 2.24) is 15.5 Å². The Morgan fingerprint density at radius 1 is 1.44 bits per heavy atom. The molecule has 0 radical (unpaired) electrons. The average Bonchev–Trinajstić information content (AvgIpc) is 2.90. The van der Waals surface area contributed by atoms with Crippen molar-refractivity contribution in [3.05, 3.63) is 0 Å². The van der Waals surface area contributed by atoms with Gasteiger partial charge in [0.1, 0.15) is 0 Å². The predicted octanol–water partition coefficient (Wildman–Crippen LogP) is 0.805. The van der Waals surface area contributed by atoms with Crippen molar-refractivity contribution in [3.63, 3.8) is 0 Å². The van der Waals surface area contributed by atoms with Crippen molar-refractivity contribution in [1.29, 1.82) is 0 Å². The third-order valence-corrected chi connectivity index (χ3v) is 4.17. The molecule has 18 heavy (non-hydrogen) atoms. The van der Waals surface area contributed by atoms with E-state index >= 15 is 0 Å². The number of nitrogens with zero attached hydrogens (tertiary/aromatic N) is 1. The molecule has 2 amide bonds. The molecular formula is C13H25N3O2. The Hall–Kier alpha value is -0.810. The molecule has 2 rings (SSSR count). The first kappa shape index (κ1) is 13.6. The number of hydrogen-bond acceptors (Lipinski definition) is 3. The quantitative estimate of drug-likeness (QED) is 0.784. The number of amides is 2. The zero-order valence-electron chi connectivity index (χ0n) is 11.4. The molecule has 0 saturated carbocycles. The van der Waals surface area contributed by atoms with E-state index in [9.17, 15) is 4.79 Å². The number of rotatable bonds is 3. The Bertz CT molecular complexity index is 279. The van der Waals surface area contributed by atoms with Crippen LogP contribution in [-0.4, -0.2) is 56.4 Å². The number of likely N-dealkylation sites (tertiary alicyclic amines) is 1. The SMILES string of the molecule is CCC1CN(C(=O)NC2CCOC2)CCC1NC. The number of urea groups is 1. The van der Waals surface area contributed by atoms with Crippen LogP contribution in [0.15, 0.2) is 0 Å². The molecule has 0 aromatic heterocycles. The highest BCUT2D eigenvalue weighted by Gasteiger charge is 2.30. The lowest BCUT2D eigenvalue weighted by atomic mass is 9.90. The molecule has 3 atom stereocenters. The summed E-state index contributed by atoms with van der Waals surface area (Å²) < 4.78 is 5.28. The Morgan fingerprint density at radius 2 is 2.28 bits per heavy atom. The molecule has 3 unspecified atom stereocenters. The largest absolute Gasteiger partial charge is 0.379 e. The second-order valence-corrected chi connectivity index (χ2v) is 5.31. The molecule has 2 aliphatic rings. The molecule has 2 heterocycles. The zero-order valence-corrected chi connectivity index (χ0v) is 11.4. The Kier molecular flexibility index (Phi) is 4.83. The first-order valence-electron chi connectivity index (χ1n) is 7.05. The summed E-state index contributed by atoms with van der Waals surface area (Å²) in [7, 11) is 2.01. The van der Waals surface area contributed by atoms with Crippen LogP contribution >= 0.6 is 0 Å². The monoisotopic (exact) mass is 255 g/mol. The summed E-state index contributed by atoms with van der Waals surface area (Å²) in [6.07, 6.45) is 3.10. The van der Waals surface area contributed by atoms with Gasteiger partial charge in [-0.2, -0.15) is 0 Å². The lowest BCUT2D eigenvalue weighted by molar-refractivity contribution is 0.139. The summed E-state index contributed by atoms with van der Waals surface area (Å²) in [6, 6.07) is 0.840. The molecular weight excluding hydrogens is 230 g/mol. The highest BCUT2D eigenvalue weighted by Crippen LogP contribution is 2.20. The second-order valence-electron chi connectivity index (χ2n) is 5.31. The molecule has 0 aromatic carbocycles. The van der Waals surface area contributed by atoms with E-state index in [1.54, 1.807) is 0 Å². The third-order valence-electron chi connectivity index (χ3n) is 4.17. The summed E-state index contributed by atoms with van der Waals surface area (Å²) in [5.41, 5.74) is 0. The van der Waals surface area contributed by atoms with Gasteiger partial charge in [-0.3, -0.25) is 0 Å². The van der Waals surface area contributed by atoms with Crippen LogP contribution in [0.1, 0.15) is 26.2 Å². The summed E-state index contributed by atoms with van der Waals surface area (Å²) in [5, 5.41) is 6.43. The highest BCUT2D eigenvalue weighted by molar-refractivity contribution is 5.74. The minimum absolute atomic E-state index is 0.0819. The van der Waals surface area contributed by atoms with Gasteiger partial charge in [0.25, 0.3) is 0 Å². The average molecular weight is 255 g/mol. The van der Waals surface area contributed by atoms with E-state index in [1.165, 1.54) is 0 Å². The topological polar surface area (TPSA) is 53.6 Å². The van der Waals surface area contributed by atoms with Gasteiger partial charge in [-0.1, -0.05) is 13.3 Å². The first-order valence-corrected chi connectivity index (χ1v) is 7.05. The number of carbonyl (C=O) groups excluding carboxylic acids is 1. The van der Waals surface area contributed by atoms with Gasteiger partial charge in [0.05, 0.1) is 12.6 Å². The maximum absolute atomic E-state index is 12.1. The molecule has 2 aliphatic heterocycles. The van der Waals surface area contributed by atoms with Gasteiger partial charge in [0, 0.05) is 25.7 Å². The van der Waals surface area contributed by atoms with Crippen LogP contribution in [-0.2, 0) is 4.74 Å².